The molecule has 1 unspecified atom stereocenters. The molecule has 7 nitrogen and oxygen atoms in total. The van der Waals surface area contributed by atoms with E-state index in [-0.39, 0.29) is 29.7 Å². The van der Waals surface area contributed by atoms with Gasteiger partial charge in [-0.3, -0.25) is 13.9 Å². The Morgan fingerprint density at radius 3 is 2.13 bits per heavy atom. The first-order valence-electron chi connectivity index (χ1n) is 14.6. The Bertz CT molecular complexity index is 1700. The number of nitrogens with zero attached hydrogens (tertiary/aromatic N) is 2. The minimum atomic E-state index is -4.20. The number of rotatable bonds is 13. The first-order valence-corrected chi connectivity index (χ1v) is 17.3. The van der Waals surface area contributed by atoms with Crippen LogP contribution in [0, 0.1) is 12.8 Å². The van der Waals surface area contributed by atoms with Crippen molar-refractivity contribution in [1.82, 2.24) is 10.2 Å². The summed E-state index contributed by atoms with van der Waals surface area (Å²) >= 11 is 9.56. The molecule has 0 bridgehead atoms. The van der Waals surface area contributed by atoms with E-state index in [1.54, 1.807) is 24.3 Å². The molecule has 0 aliphatic rings. The maximum absolute atomic E-state index is 14.5. The lowest BCUT2D eigenvalue weighted by Gasteiger charge is -2.34. The van der Waals surface area contributed by atoms with Crippen LogP contribution in [0.15, 0.2) is 112 Å². The molecule has 0 fully saturated rings. The summed E-state index contributed by atoms with van der Waals surface area (Å²) in [6.45, 7) is 5.90. The fourth-order valence-corrected chi connectivity index (χ4v) is 6.77. The van der Waals surface area contributed by atoms with Crippen LogP contribution in [0.3, 0.4) is 0 Å². The molecule has 0 heterocycles. The van der Waals surface area contributed by atoms with E-state index in [1.165, 1.54) is 29.2 Å². The van der Waals surface area contributed by atoms with Gasteiger partial charge in [0.05, 0.1) is 10.6 Å². The van der Waals surface area contributed by atoms with Crippen LogP contribution in [-0.4, -0.2) is 44.3 Å². The maximum atomic E-state index is 14.5. The maximum Gasteiger partial charge on any atom is 0.264 e. The van der Waals surface area contributed by atoms with E-state index in [9.17, 15) is 18.0 Å². The molecule has 0 saturated carbocycles. The van der Waals surface area contributed by atoms with Gasteiger partial charge in [0.1, 0.15) is 12.6 Å². The van der Waals surface area contributed by atoms with Gasteiger partial charge >= 0.3 is 0 Å². The van der Waals surface area contributed by atoms with E-state index < -0.39 is 28.5 Å². The Labute approximate surface area is 279 Å². The molecule has 0 radical (unpaired) electrons. The van der Waals surface area contributed by atoms with Gasteiger partial charge in [-0.05, 0) is 72.5 Å². The topological polar surface area (TPSA) is 86.8 Å². The highest BCUT2D eigenvalue weighted by Crippen LogP contribution is 2.26. The number of carbonyl (C=O) groups excluding carboxylic acids is 2. The number of hydrogen-bond donors (Lipinski definition) is 1. The summed E-state index contributed by atoms with van der Waals surface area (Å²) in [5.41, 5.74) is 2.93. The summed E-state index contributed by atoms with van der Waals surface area (Å²) in [5, 5.41) is 3.39. The standard InChI is InChI=1S/C35H37BrClN3O4S/c1-25(2)22-38-35(42)33(21-27-8-5-4-6-9-27)39(23-28-10-7-11-29(36)20-28)34(41)24-40(31-16-12-26(3)13-17-31)45(43,44)32-18-14-30(37)15-19-32/h4-20,25,33H,21-24H2,1-3H3,(H,38,42). The molecule has 1 N–H and O–H groups in total. The Morgan fingerprint density at radius 2 is 1.51 bits per heavy atom. The summed E-state index contributed by atoms with van der Waals surface area (Å²) in [4.78, 5) is 29.8. The van der Waals surface area contributed by atoms with Crippen molar-refractivity contribution in [3.8, 4) is 0 Å². The van der Waals surface area contributed by atoms with Gasteiger partial charge in [-0.1, -0.05) is 102 Å². The fourth-order valence-electron chi connectivity index (χ4n) is 4.78. The quantitative estimate of drug-likeness (QED) is 0.162. The summed E-state index contributed by atoms with van der Waals surface area (Å²) in [6, 6.07) is 28.8. The van der Waals surface area contributed by atoms with Crippen LogP contribution in [0.25, 0.3) is 0 Å². The second kappa shape index (κ2) is 15.6. The second-order valence-electron chi connectivity index (χ2n) is 11.3. The molecule has 4 aromatic carbocycles. The number of hydrogen-bond acceptors (Lipinski definition) is 4. The highest BCUT2D eigenvalue weighted by molar-refractivity contribution is 9.10. The number of anilines is 1. The van der Waals surface area contributed by atoms with E-state index in [1.807, 2.05) is 75.4 Å². The van der Waals surface area contributed by atoms with E-state index in [4.69, 9.17) is 11.6 Å². The number of amides is 2. The van der Waals surface area contributed by atoms with Gasteiger partial charge in [0.2, 0.25) is 11.8 Å². The van der Waals surface area contributed by atoms with Gasteiger partial charge in [-0.15, -0.1) is 0 Å². The van der Waals surface area contributed by atoms with Crippen LogP contribution in [-0.2, 0) is 32.6 Å². The van der Waals surface area contributed by atoms with Crippen LogP contribution in [0.5, 0.6) is 0 Å². The fraction of sp³-hybridized carbons (Fsp3) is 0.257. The van der Waals surface area contributed by atoms with Gasteiger partial charge in [0, 0.05) is 29.0 Å². The molecule has 0 aromatic heterocycles. The number of sulfonamides is 1. The summed E-state index contributed by atoms with van der Waals surface area (Å²) in [5.74, 6) is -0.630. The lowest BCUT2D eigenvalue weighted by atomic mass is 10.0. The molecular formula is C35H37BrClN3O4S. The number of benzene rings is 4. The summed E-state index contributed by atoms with van der Waals surface area (Å²) < 4.78 is 30.1. The molecule has 1 atom stereocenters. The zero-order valence-corrected chi connectivity index (χ0v) is 28.6. The molecule has 0 saturated heterocycles. The predicted octanol–water partition coefficient (Wildman–Crippen LogP) is 7.02. The van der Waals surface area contributed by atoms with Crippen molar-refractivity contribution >= 4 is 55.1 Å². The number of nitrogens with one attached hydrogen (secondary N) is 1. The van der Waals surface area contributed by atoms with Gasteiger partial charge in [-0.25, -0.2) is 8.42 Å². The Kier molecular flexibility index (Phi) is 11.8. The van der Waals surface area contributed by atoms with Crippen LogP contribution in [0.2, 0.25) is 5.02 Å². The zero-order valence-electron chi connectivity index (χ0n) is 25.5. The van der Waals surface area contributed by atoms with Crippen molar-refractivity contribution in [2.24, 2.45) is 5.92 Å². The van der Waals surface area contributed by atoms with E-state index in [2.05, 4.69) is 21.2 Å². The van der Waals surface area contributed by atoms with Crippen molar-refractivity contribution < 1.29 is 18.0 Å². The normalized spacial score (nSPS) is 12.0. The van der Waals surface area contributed by atoms with Gasteiger partial charge in [0.15, 0.2) is 0 Å². The predicted molar refractivity (Wildman–Crippen MR) is 184 cm³/mol. The molecule has 0 aliphatic heterocycles. The molecule has 4 rings (SSSR count). The third kappa shape index (κ3) is 9.42. The van der Waals surface area contributed by atoms with E-state index in [0.717, 1.165) is 25.5 Å². The van der Waals surface area contributed by atoms with Gasteiger partial charge in [-0.2, -0.15) is 0 Å². The SMILES string of the molecule is Cc1ccc(N(CC(=O)N(Cc2cccc(Br)c2)C(Cc2ccccc2)C(=O)NCC(C)C)S(=O)(=O)c2ccc(Cl)cc2)cc1. The largest absolute Gasteiger partial charge is 0.354 e. The van der Waals surface area contributed by atoms with Crippen molar-refractivity contribution in [3.05, 3.63) is 129 Å². The van der Waals surface area contributed by atoms with Crippen molar-refractivity contribution in [2.75, 3.05) is 17.4 Å². The first-order chi connectivity index (χ1) is 21.4. The van der Waals surface area contributed by atoms with Crippen LogP contribution in [0.1, 0.15) is 30.5 Å². The highest BCUT2D eigenvalue weighted by atomic mass is 79.9. The van der Waals surface area contributed by atoms with Crippen molar-refractivity contribution in [1.29, 1.82) is 0 Å². The average Bonchev–Trinajstić information content (AvgIpc) is 3.01. The van der Waals surface area contributed by atoms with Crippen LogP contribution in [0.4, 0.5) is 5.69 Å². The van der Waals surface area contributed by atoms with E-state index >= 15 is 0 Å². The number of carbonyl (C=O) groups is 2. The second-order valence-corrected chi connectivity index (χ2v) is 14.5. The smallest absolute Gasteiger partial charge is 0.264 e. The van der Waals surface area contributed by atoms with Crippen molar-refractivity contribution in [3.63, 3.8) is 0 Å². The van der Waals surface area contributed by atoms with Gasteiger partial charge < -0.3 is 10.2 Å². The molecule has 45 heavy (non-hydrogen) atoms. The molecular weight excluding hydrogens is 674 g/mol. The lowest BCUT2D eigenvalue weighted by Crippen LogP contribution is -2.53. The molecule has 0 aliphatic carbocycles. The summed E-state index contributed by atoms with van der Waals surface area (Å²) in [6.07, 6.45) is 0.249. The molecule has 4 aromatic rings. The highest BCUT2D eigenvalue weighted by Gasteiger charge is 2.34. The molecule has 2 amide bonds. The third-order valence-electron chi connectivity index (χ3n) is 7.20. The number of aryl methyl sites for hydroxylation is 1. The average molecular weight is 711 g/mol. The summed E-state index contributed by atoms with van der Waals surface area (Å²) in [7, 11) is -4.20. The van der Waals surface area contributed by atoms with Gasteiger partial charge in [0.25, 0.3) is 10.0 Å². The Balaban J connectivity index is 1.79. The number of halogens is 2. The Hall–Kier alpha value is -3.66. The molecule has 10 heteroatoms. The van der Waals surface area contributed by atoms with Crippen LogP contribution < -0.4 is 9.62 Å². The van der Waals surface area contributed by atoms with Crippen LogP contribution >= 0.6 is 27.5 Å². The first kappa shape index (κ1) is 34.2. The Morgan fingerprint density at radius 1 is 0.867 bits per heavy atom. The van der Waals surface area contributed by atoms with E-state index in [0.29, 0.717) is 17.3 Å². The molecule has 236 valence electrons. The third-order valence-corrected chi connectivity index (χ3v) is 9.73. The molecule has 0 spiro atoms. The van der Waals surface area contributed by atoms with Crippen molar-refractivity contribution in [2.45, 2.75) is 44.7 Å². The monoisotopic (exact) mass is 709 g/mol. The lowest BCUT2D eigenvalue weighted by molar-refractivity contribution is -0.140. The minimum absolute atomic E-state index is 0.00525. The minimum Gasteiger partial charge on any atom is -0.354 e. The zero-order chi connectivity index (χ0) is 32.6.